The minimum atomic E-state index is 0.442. The molecule has 2 heterocycles. The Labute approximate surface area is 107 Å². The van der Waals surface area contributed by atoms with Crippen molar-refractivity contribution in [1.29, 1.82) is 0 Å². The van der Waals surface area contributed by atoms with Gasteiger partial charge in [0.2, 0.25) is 0 Å². The molecule has 0 aromatic carbocycles. The molecule has 0 saturated carbocycles. The zero-order valence-corrected chi connectivity index (χ0v) is 11.8. The lowest BCUT2D eigenvalue weighted by Gasteiger charge is -2.38. The van der Waals surface area contributed by atoms with Crippen LogP contribution < -0.4 is 5.32 Å². The van der Waals surface area contributed by atoms with E-state index in [1.165, 1.54) is 58.8 Å². The predicted octanol–water partition coefficient (Wildman–Crippen LogP) is 1.26. The molecule has 0 aromatic rings. The van der Waals surface area contributed by atoms with Gasteiger partial charge in [0.1, 0.15) is 0 Å². The highest BCUT2D eigenvalue weighted by atomic mass is 15.3. The molecule has 3 heteroatoms. The van der Waals surface area contributed by atoms with Crippen molar-refractivity contribution in [1.82, 2.24) is 15.1 Å². The fourth-order valence-corrected chi connectivity index (χ4v) is 3.04. The summed E-state index contributed by atoms with van der Waals surface area (Å²) < 4.78 is 0. The van der Waals surface area contributed by atoms with Gasteiger partial charge in [-0.2, -0.15) is 0 Å². The van der Waals surface area contributed by atoms with Crippen LogP contribution in [0.3, 0.4) is 0 Å². The van der Waals surface area contributed by atoms with Gasteiger partial charge in [0, 0.05) is 39.3 Å². The van der Waals surface area contributed by atoms with E-state index in [9.17, 15) is 0 Å². The van der Waals surface area contributed by atoms with Crippen LogP contribution in [-0.4, -0.2) is 62.2 Å². The third-order valence-corrected chi connectivity index (χ3v) is 3.84. The van der Waals surface area contributed by atoms with E-state index in [2.05, 4.69) is 35.9 Å². The van der Waals surface area contributed by atoms with Gasteiger partial charge in [-0.25, -0.2) is 0 Å². The Hall–Kier alpha value is -0.120. The third kappa shape index (κ3) is 4.57. The Morgan fingerprint density at radius 3 is 2.24 bits per heavy atom. The van der Waals surface area contributed by atoms with Crippen LogP contribution in [0, 0.1) is 11.3 Å². The third-order valence-electron chi connectivity index (χ3n) is 3.84. The average Bonchev–Trinajstić information content (AvgIpc) is 2.71. The molecule has 3 nitrogen and oxygen atoms in total. The van der Waals surface area contributed by atoms with Gasteiger partial charge >= 0.3 is 0 Å². The molecule has 100 valence electrons. The SMILES string of the molecule is CC(C)(C)CN1CCN(C[C@H]2CCNC2)CC1. The summed E-state index contributed by atoms with van der Waals surface area (Å²) in [6.45, 7) is 17.1. The molecule has 0 unspecified atom stereocenters. The van der Waals surface area contributed by atoms with Gasteiger partial charge < -0.3 is 15.1 Å². The van der Waals surface area contributed by atoms with E-state index in [1.54, 1.807) is 0 Å². The molecule has 0 bridgehead atoms. The second kappa shape index (κ2) is 5.68. The largest absolute Gasteiger partial charge is 0.316 e. The topological polar surface area (TPSA) is 18.5 Å². The van der Waals surface area contributed by atoms with Crippen LogP contribution in [0.1, 0.15) is 27.2 Å². The highest BCUT2D eigenvalue weighted by molar-refractivity contribution is 4.80. The van der Waals surface area contributed by atoms with Crippen LogP contribution in [0.2, 0.25) is 0 Å². The molecular weight excluding hydrogens is 210 g/mol. The maximum absolute atomic E-state index is 3.46. The van der Waals surface area contributed by atoms with E-state index in [0.717, 1.165) is 5.92 Å². The zero-order valence-electron chi connectivity index (χ0n) is 11.8. The molecule has 2 aliphatic heterocycles. The van der Waals surface area contributed by atoms with Gasteiger partial charge in [-0.05, 0) is 30.8 Å². The molecule has 0 spiro atoms. The van der Waals surface area contributed by atoms with Gasteiger partial charge in [0.05, 0.1) is 0 Å². The van der Waals surface area contributed by atoms with Crippen molar-refractivity contribution in [3.63, 3.8) is 0 Å². The molecule has 17 heavy (non-hydrogen) atoms. The highest BCUT2D eigenvalue weighted by Gasteiger charge is 2.24. The van der Waals surface area contributed by atoms with Crippen LogP contribution in [0.4, 0.5) is 0 Å². The Kier molecular flexibility index (Phi) is 4.45. The molecule has 0 radical (unpaired) electrons. The van der Waals surface area contributed by atoms with Gasteiger partial charge in [-0.15, -0.1) is 0 Å². The lowest BCUT2D eigenvalue weighted by Crippen LogP contribution is -2.49. The normalized spacial score (nSPS) is 28.8. The Bertz CT molecular complexity index is 220. The van der Waals surface area contributed by atoms with Gasteiger partial charge in [-0.3, -0.25) is 0 Å². The summed E-state index contributed by atoms with van der Waals surface area (Å²) in [6, 6.07) is 0. The first-order valence-electron chi connectivity index (χ1n) is 7.18. The predicted molar refractivity (Wildman–Crippen MR) is 73.3 cm³/mol. The monoisotopic (exact) mass is 239 g/mol. The summed E-state index contributed by atoms with van der Waals surface area (Å²) in [5.74, 6) is 0.907. The fourth-order valence-electron chi connectivity index (χ4n) is 3.04. The summed E-state index contributed by atoms with van der Waals surface area (Å²) in [5.41, 5.74) is 0.442. The van der Waals surface area contributed by atoms with Crippen molar-refractivity contribution < 1.29 is 0 Å². The summed E-state index contributed by atoms with van der Waals surface area (Å²) in [4.78, 5) is 5.29. The lowest BCUT2D eigenvalue weighted by molar-refractivity contribution is 0.0939. The summed E-state index contributed by atoms with van der Waals surface area (Å²) in [5, 5.41) is 3.46. The number of hydrogen-bond donors (Lipinski definition) is 1. The second-order valence-corrected chi connectivity index (χ2v) is 7.00. The van der Waals surface area contributed by atoms with Crippen molar-refractivity contribution in [2.45, 2.75) is 27.2 Å². The molecule has 2 fully saturated rings. The van der Waals surface area contributed by atoms with Crippen LogP contribution in [0.15, 0.2) is 0 Å². The molecule has 2 aliphatic rings. The maximum atomic E-state index is 3.46. The van der Waals surface area contributed by atoms with Crippen molar-refractivity contribution in [2.24, 2.45) is 11.3 Å². The standard InChI is InChI=1S/C14H29N3/c1-14(2,3)12-17-8-6-16(7-9-17)11-13-4-5-15-10-13/h13,15H,4-12H2,1-3H3/t13-/m0/s1. The van der Waals surface area contributed by atoms with E-state index < -0.39 is 0 Å². The van der Waals surface area contributed by atoms with Gasteiger partial charge in [-0.1, -0.05) is 20.8 Å². The van der Waals surface area contributed by atoms with Gasteiger partial charge in [0.25, 0.3) is 0 Å². The Balaban J connectivity index is 1.67. The molecule has 2 saturated heterocycles. The highest BCUT2D eigenvalue weighted by Crippen LogP contribution is 2.17. The first-order chi connectivity index (χ1) is 8.03. The van der Waals surface area contributed by atoms with Crippen LogP contribution in [0.5, 0.6) is 0 Å². The average molecular weight is 239 g/mol. The fraction of sp³-hybridized carbons (Fsp3) is 1.00. The number of nitrogens with zero attached hydrogens (tertiary/aromatic N) is 2. The molecular formula is C14H29N3. The first-order valence-corrected chi connectivity index (χ1v) is 7.18. The zero-order chi connectivity index (χ0) is 12.3. The number of piperazine rings is 1. The Morgan fingerprint density at radius 2 is 1.71 bits per heavy atom. The summed E-state index contributed by atoms with van der Waals surface area (Å²) >= 11 is 0. The van der Waals surface area contributed by atoms with Crippen molar-refractivity contribution in [2.75, 3.05) is 52.4 Å². The smallest absolute Gasteiger partial charge is 0.0110 e. The second-order valence-electron chi connectivity index (χ2n) is 7.00. The van der Waals surface area contributed by atoms with Crippen LogP contribution in [0.25, 0.3) is 0 Å². The van der Waals surface area contributed by atoms with Crippen molar-refractivity contribution >= 4 is 0 Å². The summed E-state index contributed by atoms with van der Waals surface area (Å²) in [7, 11) is 0. The molecule has 1 atom stereocenters. The van der Waals surface area contributed by atoms with E-state index in [4.69, 9.17) is 0 Å². The minimum Gasteiger partial charge on any atom is -0.316 e. The Morgan fingerprint density at radius 1 is 1.06 bits per heavy atom. The molecule has 1 N–H and O–H groups in total. The van der Waals surface area contributed by atoms with Crippen LogP contribution in [-0.2, 0) is 0 Å². The summed E-state index contributed by atoms with van der Waals surface area (Å²) in [6.07, 6.45) is 1.38. The molecule has 2 rings (SSSR count). The van der Waals surface area contributed by atoms with Gasteiger partial charge in [0.15, 0.2) is 0 Å². The maximum Gasteiger partial charge on any atom is 0.0110 e. The van der Waals surface area contributed by atoms with E-state index >= 15 is 0 Å². The first kappa shape index (κ1) is 13.3. The number of hydrogen-bond acceptors (Lipinski definition) is 3. The van der Waals surface area contributed by atoms with Crippen LogP contribution >= 0.6 is 0 Å². The van der Waals surface area contributed by atoms with E-state index in [-0.39, 0.29) is 0 Å². The quantitative estimate of drug-likeness (QED) is 0.800. The molecule has 0 aliphatic carbocycles. The van der Waals surface area contributed by atoms with Crippen molar-refractivity contribution in [3.05, 3.63) is 0 Å². The molecule has 0 amide bonds. The number of nitrogens with one attached hydrogen (secondary N) is 1. The lowest BCUT2D eigenvalue weighted by atomic mass is 9.95. The van der Waals surface area contributed by atoms with E-state index in [0.29, 0.717) is 5.41 Å². The molecule has 0 aromatic heterocycles. The van der Waals surface area contributed by atoms with E-state index in [1.807, 2.05) is 0 Å². The van der Waals surface area contributed by atoms with Crippen molar-refractivity contribution in [3.8, 4) is 0 Å². The number of rotatable bonds is 3. The minimum absolute atomic E-state index is 0.442.